The first kappa shape index (κ1) is 20.9. The van der Waals surface area contributed by atoms with Gasteiger partial charge in [0.15, 0.2) is 11.7 Å². The Morgan fingerprint density at radius 2 is 1.64 bits per heavy atom. The summed E-state index contributed by atoms with van der Waals surface area (Å²) in [6, 6.07) is 0. The van der Waals surface area contributed by atoms with Crippen molar-refractivity contribution >= 4 is 23.6 Å². The van der Waals surface area contributed by atoms with Crippen LogP contribution in [0.25, 0.3) is 0 Å². The third-order valence-electron chi connectivity index (χ3n) is 5.10. The highest BCUT2D eigenvalue weighted by molar-refractivity contribution is 7.99. The average Bonchev–Trinajstić information content (AvgIpc) is 3.30. The van der Waals surface area contributed by atoms with Crippen LogP contribution >= 0.6 is 11.8 Å². The minimum atomic E-state index is -4.57. The molecule has 1 aromatic rings. The molecule has 2 fully saturated rings. The third kappa shape index (κ3) is 4.96. The fourth-order valence-corrected chi connectivity index (χ4v) is 4.26. The number of amides is 2. The second-order valence-electron chi connectivity index (χ2n) is 7.05. The summed E-state index contributed by atoms with van der Waals surface area (Å²) in [5.41, 5.74) is 0. The number of quaternary nitrogens is 1. The van der Waals surface area contributed by atoms with Crippen molar-refractivity contribution in [1.82, 2.24) is 24.6 Å². The van der Waals surface area contributed by atoms with Crippen LogP contribution in [0.2, 0.25) is 0 Å². The highest BCUT2D eigenvalue weighted by Gasteiger charge is 2.37. The van der Waals surface area contributed by atoms with E-state index < -0.39 is 12.0 Å². The lowest BCUT2D eigenvalue weighted by atomic mass is 10.3. The predicted octanol–water partition coefficient (Wildman–Crippen LogP) is -0.724. The van der Waals surface area contributed by atoms with Gasteiger partial charge in [-0.1, -0.05) is 11.8 Å². The third-order valence-corrected chi connectivity index (χ3v) is 6.10. The van der Waals surface area contributed by atoms with Crippen molar-refractivity contribution in [1.29, 1.82) is 0 Å². The number of hydrogen-bond donors (Lipinski definition) is 1. The largest absolute Gasteiger partial charge is 0.451 e. The van der Waals surface area contributed by atoms with Crippen molar-refractivity contribution in [3.8, 4) is 0 Å². The minimum Gasteiger partial charge on any atom is -0.338 e. The Bertz CT molecular complexity index is 712. The van der Waals surface area contributed by atoms with Gasteiger partial charge in [-0.2, -0.15) is 13.2 Å². The van der Waals surface area contributed by atoms with Gasteiger partial charge in [-0.15, -0.1) is 10.2 Å². The number of hydrogen-bond acceptors (Lipinski definition) is 5. The van der Waals surface area contributed by atoms with Crippen LogP contribution in [-0.2, 0) is 22.8 Å². The smallest absolute Gasteiger partial charge is 0.338 e. The SMILES string of the molecule is Cn1c(SCC(=O)N2CC[NH+](CC(=O)N3CCCC3)CC2)nnc1C(F)(F)F. The van der Waals surface area contributed by atoms with Crippen molar-refractivity contribution < 1.29 is 27.7 Å². The molecule has 3 rings (SSSR count). The summed E-state index contributed by atoms with van der Waals surface area (Å²) in [6.07, 6.45) is -2.44. The van der Waals surface area contributed by atoms with E-state index in [1.165, 1.54) is 7.05 Å². The molecule has 8 nitrogen and oxygen atoms in total. The van der Waals surface area contributed by atoms with Gasteiger partial charge < -0.3 is 19.3 Å². The van der Waals surface area contributed by atoms with E-state index in [0.29, 0.717) is 32.7 Å². The normalized spacial score (nSPS) is 18.7. The first-order valence-corrected chi connectivity index (χ1v) is 10.2. The fraction of sp³-hybridized carbons (Fsp3) is 0.750. The molecule has 0 aliphatic carbocycles. The Labute approximate surface area is 165 Å². The van der Waals surface area contributed by atoms with Crippen LogP contribution in [0.15, 0.2) is 5.16 Å². The van der Waals surface area contributed by atoms with Crippen LogP contribution in [0.4, 0.5) is 13.2 Å². The van der Waals surface area contributed by atoms with E-state index in [2.05, 4.69) is 10.2 Å². The number of alkyl halides is 3. The molecule has 2 aliphatic rings. The summed E-state index contributed by atoms with van der Waals surface area (Å²) >= 11 is 0.945. The number of carbonyl (C=O) groups excluding carboxylic acids is 2. The van der Waals surface area contributed by atoms with Crippen molar-refractivity contribution in [2.24, 2.45) is 7.05 Å². The summed E-state index contributed by atoms with van der Waals surface area (Å²) in [6.45, 7) is 4.59. The molecule has 0 bridgehead atoms. The van der Waals surface area contributed by atoms with Gasteiger partial charge in [0.1, 0.15) is 0 Å². The molecule has 0 radical (unpaired) electrons. The van der Waals surface area contributed by atoms with E-state index in [0.717, 1.165) is 47.2 Å². The maximum absolute atomic E-state index is 12.7. The number of aromatic nitrogens is 3. The van der Waals surface area contributed by atoms with Crippen LogP contribution in [0.5, 0.6) is 0 Å². The molecule has 12 heteroatoms. The molecule has 0 unspecified atom stereocenters. The number of nitrogens with one attached hydrogen (secondary N) is 1. The van der Waals surface area contributed by atoms with Crippen molar-refractivity contribution in [3.05, 3.63) is 5.82 Å². The molecular formula is C16H24F3N6O2S+. The second-order valence-corrected chi connectivity index (χ2v) is 7.99. The standard InChI is InChI=1S/C16H23F3N6O2S/c1-22-14(16(17,18)19)20-21-15(22)28-11-13(27)25-8-6-23(7-9-25)10-12(26)24-4-2-3-5-24/h2-11H2,1H3/p+1. The molecule has 1 aromatic heterocycles. The van der Waals surface area contributed by atoms with Crippen molar-refractivity contribution in [2.45, 2.75) is 24.2 Å². The van der Waals surface area contributed by atoms with Crippen LogP contribution in [0, 0.1) is 0 Å². The maximum Gasteiger partial charge on any atom is 0.451 e. The zero-order chi connectivity index (χ0) is 20.3. The van der Waals surface area contributed by atoms with E-state index in [1.807, 2.05) is 4.90 Å². The molecule has 2 aliphatic heterocycles. The topological polar surface area (TPSA) is 75.8 Å². The fourth-order valence-electron chi connectivity index (χ4n) is 3.45. The number of thioether (sulfide) groups is 1. The number of carbonyl (C=O) groups is 2. The Hall–Kier alpha value is -1.82. The number of nitrogens with zero attached hydrogens (tertiary/aromatic N) is 5. The number of piperazine rings is 1. The summed E-state index contributed by atoms with van der Waals surface area (Å²) in [7, 11) is 1.23. The van der Waals surface area contributed by atoms with E-state index in [-0.39, 0.29) is 22.7 Å². The molecule has 0 saturated carbocycles. The van der Waals surface area contributed by atoms with Gasteiger partial charge in [-0.05, 0) is 12.8 Å². The molecule has 0 spiro atoms. The first-order valence-electron chi connectivity index (χ1n) is 9.24. The highest BCUT2D eigenvalue weighted by Crippen LogP contribution is 2.29. The van der Waals surface area contributed by atoms with Gasteiger partial charge >= 0.3 is 6.18 Å². The molecule has 1 N–H and O–H groups in total. The molecular weight excluding hydrogens is 397 g/mol. The van der Waals surface area contributed by atoms with Crippen LogP contribution < -0.4 is 4.90 Å². The molecule has 3 heterocycles. The van der Waals surface area contributed by atoms with Crippen molar-refractivity contribution in [2.75, 3.05) is 51.6 Å². The van der Waals surface area contributed by atoms with Crippen LogP contribution in [-0.4, -0.2) is 87.9 Å². The van der Waals surface area contributed by atoms with Gasteiger partial charge in [-0.25, -0.2) is 0 Å². The van der Waals surface area contributed by atoms with Gasteiger partial charge in [0.25, 0.3) is 5.91 Å². The Kier molecular flexibility index (Phi) is 6.48. The Balaban J connectivity index is 1.43. The number of likely N-dealkylation sites (tertiary alicyclic amines) is 1. The monoisotopic (exact) mass is 421 g/mol. The zero-order valence-electron chi connectivity index (χ0n) is 15.7. The van der Waals surface area contributed by atoms with E-state index in [4.69, 9.17) is 0 Å². The summed E-state index contributed by atoms with van der Waals surface area (Å²) in [5, 5.41) is 6.73. The van der Waals surface area contributed by atoms with E-state index in [1.54, 1.807) is 4.90 Å². The Morgan fingerprint density at radius 1 is 1.04 bits per heavy atom. The highest BCUT2D eigenvalue weighted by atomic mass is 32.2. The Morgan fingerprint density at radius 3 is 2.21 bits per heavy atom. The maximum atomic E-state index is 12.7. The first-order chi connectivity index (χ1) is 13.3. The second kappa shape index (κ2) is 8.68. The zero-order valence-corrected chi connectivity index (χ0v) is 16.5. The van der Waals surface area contributed by atoms with Gasteiger partial charge in [0.05, 0.1) is 31.9 Å². The van der Waals surface area contributed by atoms with E-state index in [9.17, 15) is 22.8 Å². The number of halogens is 3. The molecule has 2 saturated heterocycles. The van der Waals surface area contributed by atoms with Gasteiger partial charge in [0, 0.05) is 20.1 Å². The summed E-state index contributed by atoms with van der Waals surface area (Å²) in [4.78, 5) is 29.3. The summed E-state index contributed by atoms with van der Waals surface area (Å²) < 4.78 is 39.1. The molecule has 0 atom stereocenters. The lowest BCUT2D eigenvalue weighted by molar-refractivity contribution is -0.896. The minimum absolute atomic E-state index is 0.00583. The summed E-state index contributed by atoms with van der Waals surface area (Å²) in [5.74, 6) is -1.05. The van der Waals surface area contributed by atoms with Gasteiger partial charge in [0.2, 0.25) is 11.7 Å². The number of rotatable bonds is 5. The van der Waals surface area contributed by atoms with Gasteiger partial charge in [-0.3, -0.25) is 9.59 Å². The quantitative estimate of drug-likeness (QED) is 0.635. The predicted molar refractivity (Wildman–Crippen MR) is 94.7 cm³/mol. The average molecular weight is 421 g/mol. The molecule has 0 aromatic carbocycles. The molecule has 28 heavy (non-hydrogen) atoms. The molecule has 2 amide bonds. The van der Waals surface area contributed by atoms with Crippen LogP contribution in [0.3, 0.4) is 0 Å². The molecule has 156 valence electrons. The lowest BCUT2D eigenvalue weighted by Gasteiger charge is -2.32. The van der Waals surface area contributed by atoms with Crippen molar-refractivity contribution in [3.63, 3.8) is 0 Å². The van der Waals surface area contributed by atoms with E-state index >= 15 is 0 Å². The lowest BCUT2D eigenvalue weighted by Crippen LogP contribution is -3.15. The van der Waals surface area contributed by atoms with Crippen LogP contribution in [0.1, 0.15) is 18.7 Å².